The van der Waals surface area contributed by atoms with Crippen molar-refractivity contribution in [2.45, 2.75) is 19.3 Å². The van der Waals surface area contributed by atoms with Gasteiger partial charge in [0.05, 0.1) is 11.6 Å². The number of carbonyl (C=O) groups excluding carboxylic acids is 1. The molecule has 3 heteroatoms. The summed E-state index contributed by atoms with van der Waals surface area (Å²) in [5.74, 6) is -0.297. The first-order chi connectivity index (χ1) is 7.20. The third kappa shape index (κ3) is 1.84. The molecule has 1 aromatic rings. The Labute approximate surface area is 88.5 Å². The highest BCUT2D eigenvalue weighted by atomic mass is 16.1. The molecule has 76 valence electrons. The highest BCUT2D eigenvalue weighted by Gasteiger charge is 2.22. The smallest absolute Gasteiger partial charge is 0.220 e. The number of nitrogens with two attached hydrogens (primary N) is 1. The summed E-state index contributed by atoms with van der Waals surface area (Å²) in [5.41, 5.74) is 8.29. The van der Waals surface area contributed by atoms with Gasteiger partial charge in [-0.25, -0.2) is 0 Å². The Balaban J connectivity index is 2.32. The molecule has 3 nitrogen and oxygen atoms in total. The Morgan fingerprint density at radius 1 is 1.47 bits per heavy atom. The zero-order valence-corrected chi connectivity index (χ0v) is 8.36. The molecule has 1 aliphatic rings. The molecule has 0 aromatic heterocycles. The molecule has 2 N–H and O–H groups in total. The number of fused-ring (bicyclic) bond motifs is 1. The van der Waals surface area contributed by atoms with Crippen LogP contribution < -0.4 is 5.73 Å². The molecule has 0 bridgehead atoms. The Hall–Kier alpha value is -1.82. The number of hydrogen-bond donors (Lipinski definition) is 1. The Kier molecular flexibility index (Phi) is 2.42. The van der Waals surface area contributed by atoms with E-state index in [1.807, 2.05) is 18.2 Å². The second-order valence-electron chi connectivity index (χ2n) is 3.94. The lowest BCUT2D eigenvalue weighted by molar-refractivity contribution is -0.122. The number of amides is 1. The molecule has 1 atom stereocenters. The number of nitrogens with zero attached hydrogens (tertiary/aromatic N) is 1. The van der Waals surface area contributed by atoms with E-state index in [2.05, 4.69) is 6.07 Å². The molecule has 1 aromatic carbocycles. The molecular weight excluding hydrogens is 188 g/mol. The van der Waals surface area contributed by atoms with Gasteiger partial charge in [0.25, 0.3) is 0 Å². The lowest BCUT2D eigenvalue weighted by atomic mass is 9.83. The number of hydrogen-bond acceptors (Lipinski definition) is 2. The number of aryl methyl sites for hydroxylation is 1. The molecule has 1 unspecified atom stereocenters. The van der Waals surface area contributed by atoms with E-state index in [1.165, 1.54) is 5.56 Å². The average Bonchev–Trinajstić information content (AvgIpc) is 2.27. The monoisotopic (exact) mass is 200 g/mol. The van der Waals surface area contributed by atoms with Crippen molar-refractivity contribution in [2.24, 2.45) is 11.7 Å². The van der Waals surface area contributed by atoms with E-state index in [4.69, 9.17) is 11.0 Å². The Morgan fingerprint density at radius 2 is 2.27 bits per heavy atom. The van der Waals surface area contributed by atoms with Crippen LogP contribution >= 0.6 is 0 Å². The third-order valence-corrected chi connectivity index (χ3v) is 2.97. The van der Waals surface area contributed by atoms with E-state index < -0.39 is 0 Å². The van der Waals surface area contributed by atoms with Gasteiger partial charge in [-0.1, -0.05) is 6.07 Å². The van der Waals surface area contributed by atoms with E-state index in [-0.39, 0.29) is 11.8 Å². The quantitative estimate of drug-likeness (QED) is 0.738. The maximum atomic E-state index is 11.1. The van der Waals surface area contributed by atoms with Crippen molar-refractivity contribution < 1.29 is 4.79 Å². The van der Waals surface area contributed by atoms with Gasteiger partial charge in [0.2, 0.25) is 5.91 Å². The number of benzene rings is 1. The second-order valence-corrected chi connectivity index (χ2v) is 3.94. The first-order valence-corrected chi connectivity index (χ1v) is 5.02. The predicted octanol–water partition coefficient (Wildman–Crippen LogP) is 1.15. The van der Waals surface area contributed by atoms with Crippen LogP contribution in [0.15, 0.2) is 18.2 Å². The van der Waals surface area contributed by atoms with E-state index >= 15 is 0 Å². The molecule has 0 saturated heterocycles. The summed E-state index contributed by atoms with van der Waals surface area (Å²) in [6.07, 6.45) is 2.39. The zero-order valence-electron chi connectivity index (χ0n) is 8.36. The standard InChI is InChI=1S/C12H12N2O/c13-7-8-1-2-9-3-4-10(12(14)15)6-11(9)5-8/h1-2,5,10H,3-4,6H2,(H2,14,15). The zero-order chi connectivity index (χ0) is 10.8. The first-order valence-electron chi connectivity index (χ1n) is 5.02. The summed E-state index contributed by atoms with van der Waals surface area (Å²) in [5, 5.41) is 8.77. The van der Waals surface area contributed by atoms with Gasteiger partial charge in [-0.15, -0.1) is 0 Å². The van der Waals surface area contributed by atoms with Crippen molar-refractivity contribution in [2.75, 3.05) is 0 Å². The van der Waals surface area contributed by atoms with Crippen LogP contribution in [-0.4, -0.2) is 5.91 Å². The van der Waals surface area contributed by atoms with Crippen LogP contribution in [-0.2, 0) is 17.6 Å². The van der Waals surface area contributed by atoms with Gasteiger partial charge in [-0.3, -0.25) is 4.79 Å². The maximum absolute atomic E-state index is 11.1. The van der Waals surface area contributed by atoms with Crippen LogP contribution in [0.5, 0.6) is 0 Å². The van der Waals surface area contributed by atoms with Gasteiger partial charge in [0, 0.05) is 5.92 Å². The summed E-state index contributed by atoms with van der Waals surface area (Å²) < 4.78 is 0. The number of rotatable bonds is 1. The van der Waals surface area contributed by atoms with E-state index in [9.17, 15) is 4.79 Å². The van der Waals surface area contributed by atoms with Gasteiger partial charge < -0.3 is 5.73 Å². The van der Waals surface area contributed by atoms with Gasteiger partial charge in [-0.2, -0.15) is 5.26 Å². The number of nitriles is 1. The third-order valence-electron chi connectivity index (χ3n) is 2.97. The minimum absolute atomic E-state index is 0.0635. The lowest BCUT2D eigenvalue weighted by Crippen LogP contribution is -2.28. The van der Waals surface area contributed by atoms with E-state index in [0.29, 0.717) is 12.0 Å². The largest absolute Gasteiger partial charge is 0.369 e. The Morgan fingerprint density at radius 3 is 2.93 bits per heavy atom. The molecule has 0 radical (unpaired) electrons. The molecule has 0 aliphatic heterocycles. The minimum Gasteiger partial charge on any atom is -0.369 e. The topological polar surface area (TPSA) is 66.9 Å². The van der Waals surface area contributed by atoms with E-state index in [1.54, 1.807) is 0 Å². The van der Waals surface area contributed by atoms with Crippen LogP contribution in [0.3, 0.4) is 0 Å². The van der Waals surface area contributed by atoms with Crippen molar-refractivity contribution >= 4 is 5.91 Å². The van der Waals surface area contributed by atoms with Crippen molar-refractivity contribution in [3.05, 3.63) is 34.9 Å². The summed E-state index contributed by atoms with van der Waals surface area (Å²) in [6.45, 7) is 0. The molecule has 0 fully saturated rings. The van der Waals surface area contributed by atoms with Crippen molar-refractivity contribution in [3.63, 3.8) is 0 Å². The number of carbonyl (C=O) groups is 1. The van der Waals surface area contributed by atoms with Crippen LogP contribution in [0, 0.1) is 17.2 Å². The fraction of sp³-hybridized carbons (Fsp3) is 0.333. The molecule has 0 heterocycles. The fourth-order valence-corrected chi connectivity index (χ4v) is 2.07. The molecular formula is C12H12N2O. The lowest BCUT2D eigenvalue weighted by Gasteiger charge is -2.22. The molecule has 0 saturated carbocycles. The van der Waals surface area contributed by atoms with Gasteiger partial charge in [0.15, 0.2) is 0 Å². The van der Waals surface area contributed by atoms with E-state index in [0.717, 1.165) is 18.4 Å². The summed E-state index contributed by atoms with van der Waals surface area (Å²) >= 11 is 0. The van der Waals surface area contributed by atoms with Gasteiger partial charge in [-0.05, 0) is 42.5 Å². The molecule has 0 spiro atoms. The first kappa shape index (κ1) is 9.72. The van der Waals surface area contributed by atoms with Gasteiger partial charge >= 0.3 is 0 Å². The Bertz CT molecular complexity index is 445. The summed E-state index contributed by atoms with van der Waals surface area (Å²) in [4.78, 5) is 11.1. The average molecular weight is 200 g/mol. The van der Waals surface area contributed by atoms with Crippen molar-refractivity contribution in [1.82, 2.24) is 0 Å². The molecule has 15 heavy (non-hydrogen) atoms. The summed E-state index contributed by atoms with van der Waals surface area (Å²) in [7, 11) is 0. The van der Waals surface area contributed by atoms with Crippen molar-refractivity contribution in [3.8, 4) is 6.07 Å². The normalized spacial score (nSPS) is 19.0. The summed E-state index contributed by atoms with van der Waals surface area (Å²) in [6, 6.07) is 7.77. The highest BCUT2D eigenvalue weighted by molar-refractivity contribution is 5.77. The van der Waals surface area contributed by atoms with Crippen LogP contribution in [0.2, 0.25) is 0 Å². The number of primary amides is 1. The molecule has 1 aliphatic carbocycles. The van der Waals surface area contributed by atoms with Crippen LogP contribution in [0.1, 0.15) is 23.1 Å². The maximum Gasteiger partial charge on any atom is 0.220 e. The van der Waals surface area contributed by atoms with Gasteiger partial charge in [0.1, 0.15) is 0 Å². The fourth-order valence-electron chi connectivity index (χ4n) is 2.07. The SMILES string of the molecule is N#Cc1ccc2c(c1)CC(C(N)=O)CC2. The highest BCUT2D eigenvalue weighted by Crippen LogP contribution is 2.26. The second kappa shape index (κ2) is 3.74. The molecule has 1 amide bonds. The minimum atomic E-state index is -0.233. The van der Waals surface area contributed by atoms with Crippen LogP contribution in [0.25, 0.3) is 0 Å². The predicted molar refractivity (Wildman–Crippen MR) is 55.9 cm³/mol. The van der Waals surface area contributed by atoms with Crippen molar-refractivity contribution in [1.29, 1.82) is 5.26 Å². The van der Waals surface area contributed by atoms with Crippen LogP contribution in [0.4, 0.5) is 0 Å². The molecule has 2 rings (SSSR count).